The molecule has 0 spiro atoms. The van der Waals surface area contributed by atoms with Gasteiger partial charge in [0, 0.05) is 31.4 Å². The van der Waals surface area contributed by atoms with Crippen LogP contribution in [0.4, 0.5) is 0 Å². The van der Waals surface area contributed by atoms with Gasteiger partial charge in [0.1, 0.15) is 11.8 Å². The van der Waals surface area contributed by atoms with Gasteiger partial charge < -0.3 is 14.5 Å². The van der Waals surface area contributed by atoms with E-state index < -0.39 is 0 Å². The van der Waals surface area contributed by atoms with E-state index in [0.717, 1.165) is 25.1 Å². The number of amides is 1. The van der Waals surface area contributed by atoms with E-state index in [1.165, 1.54) is 11.3 Å². The number of nitriles is 1. The van der Waals surface area contributed by atoms with E-state index in [1.807, 2.05) is 18.5 Å². The fourth-order valence-electron chi connectivity index (χ4n) is 3.38. The lowest BCUT2D eigenvalue weighted by molar-refractivity contribution is 0.0725. The minimum absolute atomic E-state index is 0.0871. The Hall–Kier alpha value is -3.33. The Morgan fingerprint density at radius 3 is 2.92 bits per heavy atom. The fraction of sp³-hybridized carbons (Fsp3) is 0.250. The Labute approximate surface area is 151 Å². The van der Waals surface area contributed by atoms with Crippen LogP contribution in [0.3, 0.4) is 0 Å². The van der Waals surface area contributed by atoms with Crippen molar-refractivity contribution in [2.45, 2.75) is 25.9 Å². The van der Waals surface area contributed by atoms with E-state index in [9.17, 15) is 4.79 Å². The molecule has 0 unspecified atom stereocenters. The highest BCUT2D eigenvalue weighted by Crippen LogP contribution is 2.20. The van der Waals surface area contributed by atoms with E-state index in [4.69, 9.17) is 5.26 Å². The van der Waals surface area contributed by atoms with Crippen LogP contribution in [-0.2, 0) is 25.9 Å². The number of H-pyrrole nitrogens is 1. The first-order valence-corrected chi connectivity index (χ1v) is 8.69. The summed E-state index contributed by atoms with van der Waals surface area (Å²) >= 11 is 0. The van der Waals surface area contributed by atoms with Crippen LogP contribution in [-0.4, -0.2) is 31.9 Å². The Bertz CT molecular complexity index is 964. The van der Waals surface area contributed by atoms with Gasteiger partial charge in [0.15, 0.2) is 0 Å². The van der Waals surface area contributed by atoms with Crippen LogP contribution < -0.4 is 0 Å². The molecule has 1 aromatic carbocycles. The van der Waals surface area contributed by atoms with Gasteiger partial charge in [-0.05, 0) is 18.1 Å². The molecule has 130 valence electrons. The minimum atomic E-state index is -0.0871. The van der Waals surface area contributed by atoms with Crippen molar-refractivity contribution < 1.29 is 4.79 Å². The summed E-state index contributed by atoms with van der Waals surface area (Å²) in [6, 6.07) is 14.0. The van der Waals surface area contributed by atoms with Crippen LogP contribution in [0.1, 0.15) is 33.0 Å². The third-order valence-electron chi connectivity index (χ3n) is 4.81. The molecule has 3 aromatic rings. The van der Waals surface area contributed by atoms with Crippen molar-refractivity contribution >= 4 is 5.91 Å². The lowest BCUT2D eigenvalue weighted by Crippen LogP contribution is -2.36. The van der Waals surface area contributed by atoms with Gasteiger partial charge >= 0.3 is 0 Å². The molecule has 4 rings (SSSR count). The second-order valence-electron chi connectivity index (χ2n) is 6.46. The van der Waals surface area contributed by atoms with E-state index in [0.29, 0.717) is 24.3 Å². The van der Waals surface area contributed by atoms with Crippen molar-refractivity contribution in [3.05, 3.63) is 77.1 Å². The first-order valence-electron chi connectivity index (χ1n) is 8.69. The molecule has 0 atom stereocenters. The number of nitrogens with one attached hydrogen (secondary N) is 1. The van der Waals surface area contributed by atoms with Gasteiger partial charge in [-0.15, -0.1) is 0 Å². The highest BCUT2D eigenvalue weighted by molar-refractivity contribution is 5.93. The van der Waals surface area contributed by atoms with E-state index in [-0.39, 0.29) is 5.91 Å². The van der Waals surface area contributed by atoms with E-state index in [2.05, 4.69) is 38.8 Å². The van der Waals surface area contributed by atoms with Crippen LogP contribution in [0.15, 0.2) is 48.9 Å². The summed E-state index contributed by atoms with van der Waals surface area (Å²) in [6.07, 6.45) is 5.19. The van der Waals surface area contributed by atoms with Crippen molar-refractivity contribution in [3.63, 3.8) is 0 Å². The summed E-state index contributed by atoms with van der Waals surface area (Å²) in [6.45, 7) is 2.06. The molecule has 0 radical (unpaired) electrons. The third-order valence-corrected chi connectivity index (χ3v) is 4.81. The largest absolute Gasteiger partial charge is 0.356 e. The Morgan fingerprint density at radius 1 is 1.31 bits per heavy atom. The molecule has 6 nitrogen and oxygen atoms in total. The standard InChI is InChI=1S/C20H19N5O/c21-11-16-10-17(22-12-16)20(26)24-9-7-19-18(13-24)23-14-25(19)8-6-15-4-2-1-3-5-15/h1-5,10,12,14,22H,6-9,13H2. The van der Waals surface area contributed by atoms with Crippen LogP contribution >= 0.6 is 0 Å². The molecule has 1 aliphatic heterocycles. The van der Waals surface area contributed by atoms with Crippen LogP contribution in [0, 0.1) is 11.3 Å². The van der Waals surface area contributed by atoms with E-state index in [1.54, 1.807) is 17.2 Å². The highest BCUT2D eigenvalue weighted by Gasteiger charge is 2.25. The normalized spacial score (nSPS) is 13.3. The molecular weight excluding hydrogens is 326 g/mol. The number of hydrogen-bond acceptors (Lipinski definition) is 3. The third kappa shape index (κ3) is 3.11. The molecular formula is C20H19N5O. The average molecular weight is 345 g/mol. The summed E-state index contributed by atoms with van der Waals surface area (Å²) in [5, 5.41) is 8.90. The number of hydrogen-bond donors (Lipinski definition) is 1. The maximum Gasteiger partial charge on any atom is 0.270 e. The molecule has 1 aliphatic rings. The first-order chi connectivity index (χ1) is 12.7. The summed E-state index contributed by atoms with van der Waals surface area (Å²) in [5.41, 5.74) is 4.41. The predicted octanol–water partition coefficient (Wildman–Crippen LogP) is 2.52. The van der Waals surface area contributed by atoms with Gasteiger partial charge in [0.2, 0.25) is 0 Å². The summed E-state index contributed by atoms with van der Waals surface area (Å²) in [5.74, 6) is -0.0871. The van der Waals surface area contributed by atoms with Crippen molar-refractivity contribution in [1.29, 1.82) is 5.26 Å². The van der Waals surface area contributed by atoms with Crippen molar-refractivity contribution in [2.24, 2.45) is 0 Å². The Morgan fingerprint density at radius 2 is 2.15 bits per heavy atom. The zero-order chi connectivity index (χ0) is 17.9. The predicted molar refractivity (Wildman–Crippen MR) is 96.3 cm³/mol. The number of benzene rings is 1. The first kappa shape index (κ1) is 16.2. The zero-order valence-electron chi connectivity index (χ0n) is 14.4. The van der Waals surface area contributed by atoms with Gasteiger partial charge in [-0.3, -0.25) is 4.79 Å². The summed E-state index contributed by atoms with van der Waals surface area (Å²) in [4.78, 5) is 21.8. The average Bonchev–Trinajstić information content (AvgIpc) is 3.33. The molecule has 0 bridgehead atoms. The molecule has 2 aromatic heterocycles. The lowest BCUT2D eigenvalue weighted by atomic mass is 10.1. The fourth-order valence-corrected chi connectivity index (χ4v) is 3.38. The topological polar surface area (TPSA) is 77.7 Å². The Kier molecular flexibility index (Phi) is 4.28. The molecule has 0 aliphatic carbocycles. The maximum absolute atomic E-state index is 12.6. The van der Waals surface area contributed by atoms with Gasteiger partial charge in [-0.1, -0.05) is 30.3 Å². The molecule has 6 heteroatoms. The van der Waals surface area contributed by atoms with Gasteiger partial charge in [0.05, 0.1) is 24.1 Å². The molecule has 1 amide bonds. The number of rotatable bonds is 4. The SMILES string of the molecule is N#Cc1c[nH]c(C(=O)N2CCc3c(ncn3CCc3ccccc3)C2)c1. The van der Waals surface area contributed by atoms with E-state index >= 15 is 0 Å². The second kappa shape index (κ2) is 6.89. The number of carbonyl (C=O) groups is 1. The zero-order valence-corrected chi connectivity index (χ0v) is 14.4. The number of carbonyl (C=O) groups excluding carboxylic acids is 1. The van der Waals surface area contributed by atoms with Gasteiger partial charge in [-0.2, -0.15) is 5.26 Å². The number of fused-ring (bicyclic) bond motifs is 1. The van der Waals surface area contributed by atoms with Crippen LogP contribution in [0.2, 0.25) is 0 Å². The number of aromatic amines is 1. The second-order valence-corrected chi connectivity index (χ2v) is 6.46. The number of nitrogens with zero attached hydrogens (tertiary/aromatic N) is 4. The molecule has 0 fully saturated rings. The van der Waals surface area contributed by atoms with Crippen LogP contribution in [0.25, 0.3) is 0 Å². The maximum atomic E-state index is 12.6. The minimum Gasteiger partial charge on any atom is -0.356 e. The Balaban J connectivity index is 1.44. The summed E-state index contributed by atoms with van der Waals surface area (Å²) < 4.78 is 2.20. The van der Waals surface area contributed by atoms with Gasteiger partial charge in [-0.25, -0.2) is 4.98 Å². The van der Waals surface area contributed by atoms with Gasteiger partial charge in [0.25, 0.3) is 5.91 Å². The quantitative estimate of drug-likeness (QED) is 0.789. The molecule has 3 heterocycles. The number of aryl methyl sites for hydroxylation is 2. The highest BCUT2D eigenvalue weighted by atomic mass is 16.2. The van der Waals surface area contributed by atoms with Crippen molar-refractivity contribution in [2.75, 3.05) is 6.54 Å². The molecule has 0 saturated carbocycles. The number of imidazole rings is 1. The van der Waals surface area contributed by atoms with Crippen molar-refractivity contribution in [1.82, 2.24) is 19.4 Å². The molecule has 0 saturated heterocycles. The lowest BCUT2D eigenvalue weighted by Gasteiger charge is -2.26. The smallest absolute Gasteiger partial charge is 0.270 e. The summed E-state index contributed by atoms with van der Waals surface area (Å²) in [7, 11) is 0. The monoisotopic (exact) mass is 345 g/mol. The number of aromatic nitrogens is 3. The van der Waals surface area contributed by atoms with Crippen molar-refractivity contribution in [3.8, 4) is 6.07 Å². The molecule has 26 heavy (non-hydrogen) atoms. The van der Waals surface area contributed by atoms with Crippen LogP contribution in [0.5, 0.6) is 0 Å². The molecule has 1 N–H and O–H groups in total.